The fourth-order valence-electron chi connectivity index (χ4n) is 3.34. The lowest BCUT2D eigenvalue weighted by molar-refractivity contribution is -0.133. The van der Waals surface area contributed by atoms with Gasteiger partial charge < -0.3 is 10.1 Å². The fraction of sp³-hybridized carbons (Fsp3) is 0.222. The van der Waals surface area contributed by atoms with Gasteiger partial charge in [-0.05, 0) is 23.8 Å². The predicted molar refractivity (Wildman–Crippen MR) is 88.7 cm³/mol. The molecule has 1 spiro atoms. The van der Waals surface area contributed by atoms with Crippen LogP contribution in [0.2, 0.25) is 5.02 Å². The number of nitrogens with one attached hydrogen (secondary N) is 1. The van der Waals surface area contributed by atoms with E-state index in [1.54, 1.807) is 18.2 Å². The lowest BCUT2D eigenvalue weighted by Gasteiger charge is -2.33. The van der Waals surface area contributed by atoms with Crippen LogP contribution < -0.4 is 10.1 Å². The molecule has 0 aliphatic carbocycles. The molecule has 1 unspecified atom stereocenters. The van der Waals surface area contributed by atoms with Crippen molar-refractivity contribution in [1.82, 2.24) is 10.2 Å². The topological polar surface area (TPSA) is 58.6 Å². The van der Waals surface area contributed by atoms with Crippen LogP contribution in [0, 0.1) is 5.82 Å². The molecule has 7 heteroatoms. The third-order valence-electron chi connectivity index (χ3n) is 4.60. The molecule has 1 atom stereocenters. The van der Waals surface area contributed by atoms with Gasteiger partial charge in [-0.1, -0.05) is 35.9 Å². The van der Waals surface area contributed by atoms with Gasteiger partial charge in [0.15, 0.2) is 5.54 Å². The molecule has 5 nitrogen and oxygen atoms in total. The van der Waals surface area contributed by atoms with Gasteiger partial charge >= 0.3 is 6.03 Å². The lowest BCUT2D eigenvalue weighted by atomic mass is 9.84. The van der Waals surface area contributed by atoms with Crippen molar-refractivity contribution in [3.63, 3.8) is 0 Å². The van der Waals surface area contributed by atoms with Crippen molar-refractivity contribution in [2.45, 2.75) is 18.5 Å². The Bertz CT molecular complexity index is 888. The highest BCUT2D eigenvalue weighted by Gasteiger charge is 2.54. The standard InChI is InChI=1S/C18H14ClFN2O3/c19-14-9-12(20)6-5-11(14)10-22-16(23)18(21-17(22)24)7-8-25-15-4-2-1-3-13(15)18/h1-6,9H,7-8,10H2,(H,21,24). The number of amides is 3. The van der Waals surface area contributed by atoms with Crippen LogP contribution in [-0.2, 0) is 16.9 Å². The molecule has 1 fully saturated rings. The first kappa shape index (κ1) is 15.9. The second kappa shape index (κ2) is 5.74. The molecule has 0 bridgehead atoms. The largest absolute Gasteiger partial charge is 0.493 e. The molecular weight excluding hydrogens is 347 g/mol. The molecule has 1 saturated heterocycles. The maximum absolute atomic E-state index is 13.2. The molecule has 2 heterocycles. The summed E-state index contributed by atoms with van der Waals surface area (Å²) in [5.74, 6) is -0.238. The Morgan fingerprint density at radius 1 is 1.24 bits per heavy atom. The second-order valence-corrected chi connectivity index (χ2v) is 6.46. The molecule has 0 saturated carbocycles. The van der Waals surface area contributed by atoms with E-state index in [1.165, 1.54) is 12.1 Å². The third kappa shape index (κ3) is 2.44. The van der Waals surface area contributed by atoms with Gasteiger partial charge in [0.25, 0.3) is 5.91 Å². The molecule has 0 aromatic heterocycles. The summed E-state index contributed by atoms with van der Waals surface area (Å²) in [4.78, 5) is 26.7. The zero-order chi connectivity index (χ0) is 17.6. The second-order valence-electron chi connectivity index (χ2n) is 6.06. The van der Waals surface area contributed by atoms with Gasteiger partial charge in [0, 0.05) is 17.0 Å². The van der Waals surface area contributed by atoms with E-state index in [4.69, 9.17) is 16.3 Å². The number of para-hydroxylation sites is 1. The van der Waals surface area contributed by atoms with Crippen molar-refractivity contribution in [1.29, 1.82) is 0 Å². The smallest absolute Gasteiger partial charge is 0.325 e. The van der Waals surface area contributed by atoms with Gasteiger partial charge in [0.2, 0.25) is 0 Å². The number of ether oxygens (including phenoxy) is 1. The van der Waals surface area contributed by atoms with Crippen molar-refractivity contribution < 1.29 is 18.7 Å². The average molecular weight is 361 g/mol. The molecule has 2 aromatic carbocycles. The first-order valence-corrected chi connectivity index (χ1v) is 8.19. The van der Waals surface area contributed by atoms with Crippen molar-refractivity contribution in [2.75, 3.05) is 6.61 Å². The van der Waals surface area contributed by atoms with Crippen LogP contribution in [0.4, 0.5) is 9.18 Å². The maximum atomic E-state index is 13.2. The van der Waals surface area contributed by atoms with E-state index in [9.17, 15) is 14.0 Å². The predicted octanol–water partition coefficient (Wildman–Crippen LogP) is 3.21. The summed E-state index contributed by atoms with van der Waals surface area (Å²) < 4.78 is 18.8. The SMILES string of the molecule is O=C1NC2(CCOc3ccccc32)C(=O)N1Cc1ccc(F)cc1Cl. The Morgan fingerprint density at radius 3 is 2.84 bits per heavy atom. The molecule has 3 amide bonds. The number of nitrogens with zero attached hydrogens (tertiary/aromatic N) is 1. The molecule has 25 heavy (non-hydrogen) atoms. The highest BCUT2D eigenvalue weighted by molar-refractivity contribution is 6.31. The minimum atomic E-state index is -1.13. The summed E-state index contributed by atoms with van der Waals surface area (Å²) in [5.41, 5.74) is 0.0228. The zero-order valence-electron chi connectivity index (χ0n) is 13.1. The van der Waals surface area contributed by atoms with Gasteiger partial charge in [-0.25, -0.2) is 9.18 Å². The van der Waals surface area contributed by atoms with E-state index in [2.05, 4.69) is 5.32 Å². The number of rotatable bonds is 2. The van der Waals surface area contributed by atoms with Crippen LogP contribution in [0.5, 0.6) is 5.75 Å². The Kier molecular flexibility index (Phi) is 3.65. The number of carbonyl (C=O) groups is 2. The van der Waals surface area contributed by atoms with Crippen LogP contribution in [0.1, 0.15) is 17.5 Å². The zero-order valence-corrected chi connectivity index (χ0v) is 13.8. The highest BCUT2D eigenvalue weighted by Crippen LogP contribution is 2.41. The van der Waals surface area contributed by atoms with Gasteiger partial charge in [-0.2, -0.15) is 0 Å². The molecule has 2 aliphatic rings. The fourth-order valence-corrected chi connectivity index (χ4v) is 3.56. The minimum Gasteiger partial charge on any atom is -0.493 e. The van der Waals surface area contributed by atoms with Crippen molar-refractivity contribution >= 4 is 23.5 Å². The first-order chi connectivity index (χ1) is 12.0. The Labute approximate surface area is 148 Å². The molecule has 0 radical (unpaired) electrons. The summed E-state index contributed by atoms with van der Waals surface area (Å²) in [6.07, 6.45) is 0.349. The molecule has 4 rings (SSSR count). The molecule has 2 aliphatic heterocycles. The van der Waals surface area contributed by atoms with Crippen LogP contribution in [0.3, 0.4) is 0 Å². The highest BCUT2D eigenvalue weighted by atomic mass is 35.5. The summed E-state index contributed by atoms with van der Waals surface area (Å²) >= 11 is 6.03. The summed E-state index contributed by atoms with van der Waals surface area (Å²) in [6.45, 7) is 0.308. The van der Waals surface area contributed by atoms with Crippen LogP contribution in [-0.4, -0.2) is 23.4 Å². The van der Waals surface area contributed by atoms with E-state index in [-0.39, 0.29) is 17.5 Å². The average Bonchev–Trinajstić information content (AvgIpc) is 2.82. The Balaban J connectivity index is 1.70. The number of fused-ring (bicyclic) bond motifs is 2. The number of carbonyl (C=O) groups excluding carboxylic acids is 2. The quantitative estimate of drug-likeness (QED) is 0.837. The normalized spacial score (nSPS) is 21.9. The third-order valence-corrected chi connectivity index (χ3v) is 4.95. The number of hydrogen-bond acceptors (Lipinski definition) is 3. The van der Waals surface area contributed by atoms with E-state index in [0.717, 1.165) is 11.0 Å². The van der Waals surface area contributed by atoms with Gasteiger partial charge in [-0.15, -0.1) is 0 Å². The van der Waals surface area contributed by atoms with Gasteiger partial charge in [0.1, 0.15) is 11.6 Å². The van der Waals surface area contributed by atoms with Crippen molar-refractivity contribution in [3.05, 3.63) is 64.4 Å². The number of halogens is 2. The number of benzene rings is 2. The number of hydrogen-bond donors (Lipinski definition) is 1. The Morgan fingerprint density at radius 2 is 2.04 bits per heavy atom. The van der Waals surface area contributed by atoms with E-state index in [0.29, 0.717) is 29.9 Å². The summed E-state index contributed by atoms with van der Waals surface area (Å²) in [5, 5.41) is 2.99. The van der Waals surface area contributed by atoms with Gasteiger partial charge in [-0.3, -0.25) is 9.69 Å². The van der Waals surface area contributed by atoms with Crippen LogP contribution in [0.15, 0.2) is 42.5 Å². The minimum absolute atomic E-state index is 0.0193. The summed E-state index contributed by atoms with van der Waals surface area (Å²) in [7, 11) is 0. The maximum Gasteiger partial charge on any atom is 0.325 e. The number of imide groups is 1. The van der Waals surface area contributed by atoms with Crippen LogP contribution in [0.25, 0.3) is 0 Å². The number of urea groups is 1. The molecule has 2 aromatic rings. The first-order valence-electron chi connectivity index (χ1n) is 7.81. The molecule has 1 N–H and O–H groups in total. The van der Waals surface area contributed by atoms with Crippen LogP contribution >= 0.6 is 11.6 Å². The monoisotopic (exact) mass is 360 g/mol. The van der Waals surface area contributed by atoms with Crippen molar-refractivity contribution in [3.8, 4) is 5.75 Å². The van der Waals surface area contributed by atoms with E-state index in [1.807, 2.05) is 6.07 Å². The Hall–Kier alpha value is -2.60. The lowest BCUT2D eigenvalue weighted by Crippen LogP contribution is -2.47. The summed E-state index contributed by atoms with van der Waals surface area (Å²) in [6, 6.07) is 10.6. The van der Waals surface area contributed by atoms with Crippen molar-refractivity contribution in [2.24, 2.45) is 0 Å². The molecule has 128 valence electrons. The molecular formula is C18H14ClFN2O3. The van der Waals surface area contributed by atoms with Gasteiger partial charge in [0.05, 0.1) is 13.2 Å². The van der Waals surface area contributed by atoms with E-state index < -0.39 is 17.4 Å². The van der Waals surface area contributed by atoms with E-state index >= 15 is 0 Å².